The second-order valence-corrected chi connectivity index (χ2v) is 17.8. The van der Waals surface area contributed by atoms with E-state index in [-0.39, 0.29) is 49.9 Å². The van der Waals surface area contributed by atoms with Gasteiger partial charge >= 0.3 is 0 Å². The first-order valence-corrected chi connectivity index (χ1v) is 19.9. The van der Waals surface area contributed by atoms with Gasteiger partial charge in [-0.3, -0.25) is 14.4 Å². The summed E-state index contributed by atoms with van der Waals surface area (Å²) in [6.07, 6.45) is 1.06. The van der Waals surface area contributed by atoms with Gasteiger partial charge in [0.05, 0.1) is 37.4 Å². The number of fused-ring (bicyclic) bond motifs is 2. The number of benzene rings is 3. The Morgan fingerprint density at radius 1 is 1.06 bits per heavy atom. The number of anilines is 2. The number of rotatable bonds is 11. The third-order valence-electron chi connectivity index (χ3n) is 10.1. The van der Waals surface area contributed by atoms with Gasteiger partial charge in [0.2, 0.25) is 11.8 Å². The van der Waals surface area contributed by atoms with Crippen molar-refractivity contribution in [3.8, 4) is 0 Å². The van der Waals surface area contributed by atoms with Gasteiger partial charge in [0.25, 0.3) is 5.91 Å². The number of nitrogens with one attached hydrogen (secondary N) is 2. The summed E-state index contributed by atoms with van der Waals surface area (Å²) < 4.78 is 6.86. The zero-order valence-corrected chi connectivity index (χ0v) is 28.9. The molecule has 3 amide bonds. The fraction of sp³-hybridized carbons (Fsp3) is 0.432. The largest absolute Gasteiger partial charge is 0.432 e. The highest BCUT2D eigenvalue weighted by Gasteiger charge is 2.66. The third kappa shape index (κ3) is 6.57. The molecule has 254 valence electrons. The molecular formula is C37H46N4O6Si. The summed E-state index contributed by atoms with van der Waals surface area (Å²) in [5.41, 5.74) is 2.13. The molecule has 0 radical (unpaired) electrons. The number of nitrogens with zero attached hydrogens (tertiary/aromatic N) is 2. The Morgan fingerprint density at radius 2 is 1.79 bits per heavy atom. The van der Waals surface area contributed by atoms with Crippen molar-refractivity contribution in [3.63, 3.8) is 0 Å². The van der Waals surface area contributed by atoms with E-state index in [0.717, 1.165) is 41.8 Å². The highest BCUT2D eigenvalue weighted by Crippen LogP contribution is 2.59. The molecule has 1 spiro atoms. The Balaban J connectivity index is 1.27. The van der Waals surface area contributed by atoms with Crippen LogP contribution in [0.25, 0.3) is 0 Å². The van der Waals surface area contributed by atoms with E-state index in [0.29, 0.717) is 12.2 Å². The topological polar surface area (TPSA) is 131 Å². The fourth-order valence-corrected chi connectivity index (χ4v) is 10.5. The summed E-state index contributed by atoms with van der Waals surface area (Å²) in [4.78, 5) is 56.3. The predicted octanol–water partition coefficient (Wildman–Crippen LogP) is 4.13. The molecule has 0 bridgehead atoms. The quantitative estimate of drug-likeness (QED) is 0.226. The van der Waals surface area contributed by atoms with Gasteiger partial charge in [-0.05, 0) is 61.8 Å². The van der Waals surface area contributed by atoms with Crippen LogP contribution >= 0.6 is 0 Å². The van der Waals surface area contributed by atoms with Crippen LogP contribution in [-0.4, -0.2) is 72.7 Å². The summed E-state index contributed by atoms with van der Waals surface area (Å²) in [7, 11) is -2.98. The number of para-hydroxylation sites is 1. The van der Waals surface area contributed by atoms with E-state index in [1.165, 1.54) is 0 Å². The van der Waals surface area contributed by atoms with Crippen molar-refractivity contribution < 1.29 is 29.0 Å². The van der Waals surface area contributed by atoms with Crippen LogP contribution in [0.1, 0.15) is 42.9 Å². The minimum absolute atomic E-state index is 0.0202. The zero-order valence-electron chi connectivity index (χ0n) is 27.9. The average Bonchev–Trinajstić information content (AvgIpc) is 3.76. The Morgan fingerprint density at radius 3 is 2.50 bits per heavy atom. The van der Waals surface area contributed by atoms with E-state index in [4.69, 9.17) is 4.74 Å². The van der Waals surface area contributed by atoms with Crippen molar-refractivity contribution in [2.45, 2.75) is 75.7 Å². The molecule has 2 fully saturated rings. The Hall–Kier alpha value is -3.87. The zero-order chi connectivity index (χ0) is 34.1. The summed E-state index contributed by atoms with van der Waals surface area (Å²) in [6.45, 7) is 7.05. The number of aliphatic hydroxyl groups is 1. The van der Waals surface area contributed by atoms with E-state index in [1.807, 2.05) is 98.9 Å². The fourth-order valence-electron chi connectivity index (χ4n) is 7.97. The molecule has 0 unspecified atom stereocenters. The lowest BCUT2D eigenvalue weighted by Crippen LogP contribution is -2.46. The van der Waals surface area contributed by atoms with Gasteiger partial charge in [0, 0.05) is 35.8 Å². The molecule has 0 saturated carbocycles. The molecular weight excluding hydrogens is 625 g/mol. The van der Waals surface area contributed by atoms with Gasteiger partial charge in [-0.1, -0.05) is 67.6 Å². The van der Waals surface area contributed by atoms with Gasteiger partial charge in [-0.2, -0.15) is 0 Å². The molecule has 3 heterocycles. The van der Waals surface area contributed by atoms with Crippen molar-refractivity contribution in [1.29, 1.82) is 0 Å². The van der Waals surface area contributed by atoms with Crippen LogP contribution in [0.5, 0.6) is 0 Å². The van der Waals surface area contributed by atoms with E-state index in [1.54, 1.807) is 9.80 Å². The van der Waals surface area contributed by atoms with Crippen LogP contribution in [0.15, 0.2) is 78.9 Å². The summed E-state index contributed by atoms with van der Waals surface area (Å²) in [5.74, 6) is -0.906. The molecule has 4 N–H and O–H groups in total. The lowest BCUT2D eigenvalue weighted by molar-refractivity contribution is -0.150. The molecule has 48 heavy (non-hydrogen) atoms. The SMILES string of the molecule is C[C@@H]1[C@@H]([Si](C)(C)O)[C@H](CC(=O)N(CCO)Cc2ccccc2)O[C@@]12C(=O)N(Cc1cccc(NC(=O)[C@H]3CCCN3)c1)c1ccccc12. The number of aliphatic hydroxyl groups excluding tert-OH is 1. The maximum atomic E-state index is 14.7. The van der Waals surface area contributed by atoms with Gasteiger partial charge in [0.15, 0.2) is 13.9 Å². The average molecular weight is 671 g/mol. The van der Waals surface area contributed by atoms with Crippen molar-refractivity contribution in [1.82, 2.24) is 10.2 Å². The van der Waals surface area contributed by atoms with Gasteiger partial charge < -0.3 is 35.1 Å². The number of carbonyl (C=O) groups excluding carboxylic acids is 3. The third-order valence-corrected chi connectivity index (χ3v) is 12.6. The van der Waals surface area contributed by atoms with Crippen LogP contribution in [0.4, 0.5) is 11.4 Å². The van der Waals surface area contributed by atoms with E-state index in [2.05, 4.69) is 10.6 Å². The van der Waals surface area contributed by atoms with Crippen LogP contribution in [-0.2, 0) is 37.8 Å². The van der Waals surface area contributed by atoms with Crippen molar-refractivity contribution in [2.24, 2.45) is 5.92 Å². The monoisotopic (exact) mass is 670 g/mol. The lowest BCUT2D eigenvalue weighted by Gasteiger charge is -2.32. The second-order valence-electron chi connectivity index (χ2n) is 13.8. The highest BCUT2D eigenvalue weighted by molar-refractivity contribution is 6.71. The molecule has 3 aromatic carbocycles. The van der Waals surface area contributed by atoms with Crippen molar-refractivity contribution in [2.75, 3.05) is 29.9 Å². The van der Waals surface area contributed by atoms with Crippen molar-refractivity contribution in [3.05, 3.63) is 95.6 Å². The minimum atomic E-state index is -2.98. The Labute approximate surface area is 283 Å². The van der Waals surface area contributed by atoms with Crippen LogP contribution in [0.3, 0.4) is 0 Å². The molecule has 10 nitrogen and oxygen atoms in total. The maximum Gasteiger partial charge on any atom is 0.264 e. The second kappa shape index (κ2) is 13.9. The number of hydrogen-bond donors (Lipinski definition) is 4. The number of carbonyl (C=O) groups is 3. The first kappa shape index (κ1) is 34.0. The highest BCUT2D eigenvalue weighted by atomic mass is 28.4. The molecule has 3 aliphatic rings. The van der Waals surface area contributed by atoms with Crippen LogP contribution < -0.4 is 15.5 Å². The van der Waals surface area contributed by atoms with E-state index < -0.39 is 31.5 Å². The molecule has 11 heteroatoms. The van der Waals surface area contributed by atoms with Crippen LogP contribution in [0, 0.1) is 5.92 Å². The van der Waals surface area contributed by atoms with E-state index in [9.17, 15) is 24.3 Å². The van der Waals surface area contributed by atoms with E-state index >= 15 is 0 Å². The summed E-state index contributed by atoms with van der Waals surface area (Å²) >= 11 is 0. The van der Waals surface area contributed by atoms with Gasteiger partial charge in [0.1, 0.15) is 0 Å². The van der Waals surface area contributed by atoms with Crippen LogP contribution in [0.2, 0.25) is 18.6 Å². The number of amides is 3. The Bertz CT molecular complexity index is 1640. The molecule has 5 atom stereocenters. The first-order valence-electron chi connectivity index (χ1n) is 16.9. The standard InChI is InChI=1S/C37H46N4O6Si/c1-25-34(48(2,3)46)32(22-33(43)40(19-20-42)23-26-11-5-4-6-12-26)47-37(25)29-15-7-8-17-31(29)41(36(37)45)24-27-13-9-14-28(21-27)39-35(44)30-16-10-18-38-30/h4-9,11-15,17,21,25,30,32,34,38,42,46H,10,16,18-20,22-24H2,1-3H3,(H,39,44)/t25-,30-,32+,34-,37+/m1/s1. The van der Waals surface area contributed by atoms with Crippen molar-refractivity contribution >= 4 is 37.4 Å². The number of hydrogen-bond acceptors (Lipinski definition) is 7. The molecule has 3 aliphatic heterocycles. The smallest absolute Gasteiger partial charge is 0.264 e. The molecule has 0 aliphatic carbocycles. The van der Waals surface area contributed by atoms with Gasteiger partial charge in [-0.25, -0.2) is 0 Å². The Kier molecular flexibility index (Phi) is 9.87. The summed E-state index contributed by atoms with van der Waals surface area (Å²) in [6, 6.07) is 24.5. The molecule has 6 rings (SSSR count). The normalized spacial score (nSPS) is 25.0. The minimum Gasteiger partial charge on any atom is -0.432 e. The first-order chi connectivity index (χ1) is 23.0. The maximum absolute atomic E-state index is 14.7. The lowest BCUT2D eigenvalue weighted by atomic mass is 9.82. The number of ether oxygens (including phenoxy) is 1. The predicted molar refractivity (Wildman–Crippen MR) is 186 cm³/mol. The molecule has 0 aromatic heterocycles. The summed E-state index contributed by atoms with van der Waals surface area (Å²) in [5, 5.41) is 16.0. The molecule has 3 aromatic rings. The van der Waals surface area contributed by atoms with Gasteiger partial charge in [-0.15, -0.1) is 0 Å². The molecule has 2 saturated heterocycles.